The molecule has 1 aromatic rings. The fraction of sp³-hybridized carbons (Fsp3) is 0.700. The van der Waals surface area contributed by atoms with Crippen LogP contribution in [0, 0.1) is 11.3 Å². The molecule has 1 fully saturated rings. The van der Waals surface area contributed by atoms with Gasteiger partial charge in [-0.1, -0.05) is 0 Å². The molecule has 2 rings (SSSR count). The zero-order valence-electron chi connectivity index (χ0n) is 9.26. The van der Waals surface area contributed by atoms with E-state index >= 15 is 0 Å². The molecule has 0 radical (unpaired) electrons. The van der Waals surface area contributed by atoms with Crippen LogP contribution >= 0.6 is 0 Å². The maximum atomic E-state index is 8.51. The molecular weight excluding hydrogens is 204 g/mol. The summed E-state index contributed by atoms with van der Waals surface area (Å²) in [5.41, 5.74) is 5.74. The van der Waals surface area contributed by atoms with Crippen molar-refractivity contribution in [2.75, 3.05) is 23.7 Å². The van der Waals surface area contributed by atoms with Crippen LogP contribution in [0.5, 0.6) is 0 Å². The van der Waals surface area contributed by atoms with Gasteiger partial charge in [0.15, 0.2) is 0 Å². The van der Waals surface area contributed by atoms with E-state index in [-0.39, 0.29) is 0 Å². The summed E-state index contributed by atoms with van der Waals surface area (Å²) in [6, 6.07) is 2.07. The van der Waals surface area contributed by atoms with Gasteiger partial charge in [0.25, 0.3) is 0 Å². The van der Waals surface area contributed by atoms with Gasteiger partial charge >= 0.3 is 0 Å². The Hall–Kier alpha value is -1.77. The number of hydrogen-bond donors (Lipinski definition) is 1. The lowest BCUT2D eigenvalue weighted by molar-refractivity contribution is 0.561. The van der Waals surface area contributed by atoms with Crippen molar-refractivity contribution in [3.05, 3.63) is 0 Å². The fourth-order valence-corrected chi connectivity index (χ4v) is 1.89. The average molecular weight is 220 g/mol. The van der Waals surface area contributed by atoms with E-state index in [0.29, 0.717) is 24.9 Å². The van der Waals surface area contributed by atoms with Gasteiger partial charge in [0.2, 0.25) is 11.9 Å². The zero-order chi connectivity index (χ0) is 11.4. The van der Waals surface area contributed by atoms with Crippen LogP contribution in [0.25, 0.3) is 0 Å². The number of anilines is 2. The minimum Gasteiger partial charge on any atom is -0.368 e. The molecule has 2 N–H and O–H groups in total. The number of aromatic nitrogens is 3. The number of nitrogens with two attached hydrogens (primary N) is 1. The van der Waals surface area contributed by atoms with Gasteiger partial charge in [-0.15, -0.1) is 5.10 Å². The van der Waals surface area contributed by atoms with E-state index in [4.69, 9.17) is 11.0 Å². The third-order valence-corrected chi connectivity index (χ3v) is 2.76. The Morgan fingerprint density at radius 3 is 2.75 bits per heavy atom. The summed E-state index contributed by atoms with van der Waals surface area (Å²) in [7, 11) is 0. The van der Waals surface area contributed by atoms with E-state index in [1.807, 2.05) is 0 Å². The Labute approximate surface area is 94.7 Å². The number of nitriles is 1. The Morgan fingerprint density at radius 1 is 1.31 bits per heavy atom. The van der Waals surface area contributed by atoms with Crippen LogP contribution < -0.4 is 10.6 Å². The second-order valence-electron chi connectivity index (χ2n) is 3.95. The largest absolute Gasteiger partial charge is 0.368 e. The lowest BCUT2D eigenvalue weighted by atomic mass is 10.1. The molecule has 0 saturated carbocycles. The minimum atomic E-state index is 0.399. The number of rotatable bonds is 3. The van der Waals surface area contributed by atoms with Gasteiger partial charge in [-0.2, -0.15) is 10.2 Å². The predicted molar refractivity (Wildman–Crippen MR) is 60.7 cm³/mol. The molecule has 6 heteroatoms. The summed E-state index contributed by atoms with van der Waals surface area (Å²) in [6.45, 7) is 2.52. The maximum absolute atomic E-state index is 8.51. The first-order valence-corrected chi connectivity index (χ1v) is 5.63. The van der Waals surface area contributed by atoms with Gasteiger partial charge in [-0.3, -0.25) is 0 Å². The van der Waals surface area contributed by atoms with Crippen molar-refractivity contribution in [2.24, 2.45) is 0 Å². The van der Waals surface area contributed by atoms with E-state index in [0.717, 1.165) is 13.1 Å². The summed E-state index contributed by atoms with van der Waals surface area (Å²) >= 11 is 0. The van der Waals surface area contributed by atoms with Crippen molar-refractivity contribution in [3.63, 3.8) is 0 Å². The second-order valence-corrected chi connectivity index (χ2v) is 3.95. The van der Waals surface area contributed by atoms with Gasteiger partial charge in [0.05, 0.1) is 19.0 Å². The fourth-order valence-electron chi connectivity index (χ4n) is 1.89. The first kappa shape index (κ1) is 10.7. The van der Waals surface area contributed by atoms with Gasteiger partial charge in [0, 0.05) is 13.1 Å². The SMILES string of the molecule is N#CCCn1nc(N2CCCCC2)nc1N. The smallest absolute Gasteiger partial charge is 0.246 e. The van der Waals surface area contributed by atoms with E-state index in [1.54, 1.807) is 4.68 Å². The van der Waals surface area contributed by atoms with Crippen molar-refractivity contribution in [1.29, 1.82) is 5.26 Å². The molecule has 86 valence electrons. The van der Waals surface area contributed by atoms with Crippen molar-refractivity contribution in [2.45, 2.75) is 32.2 Å². The monoisotopic (exact) mass is 220 g/mol. The highest BCUT2D eigenvalue weighted by Crippen LogP contribution is 2.17. The van der Waals surface area contributed by atoms with Gasteiger partial charge < -0.3 is 10.6 Å². The summed E-state index contributed by atoms with van der Waals surface area (Å²) < 4.78 is 1.60. The first-order chi connectivity index (χ1) is 7.81. The highest BCUT2D eigenvalue weighted by Gasteiger charge is 2.16. The summed E-state index contributed by atoms with van der Waals surface area (Å²) in [4.78, 5) is 6.39. The van der Waals surface area contributed by atoms with E-state index in [2.05, 4.69) is 21.1 Å². The molecule has 1 aliphatic rings. The summed E-state index contributed by atoms with van der Waals surface area (Å²) in [5.74, 6) is 1.10. The van der Waals surface area contributed by atoms with Crippen molar-refractivity contribution in [3.8, 4) is 6.07 Å². The zero-order valence-corrected chi connectivity index (χ0v) is 9.26. The van der Waals surface area contributed by atoms with Crippen LogP contribution in [-0.2, 0) is 6.54 Å². The van der Waals surface area contributed by atoms with E-state index < -0.39 is 0 Å². The summed E-state index contributed by atoms with van der Waals surface area (Å²) in [6.07, 6.45) is 4.06. The maximum Gasteiger partial charge on any atom is 0.246 e. The van der Waals surface area contributed by atoms with Gasteiger partial charge in [-0.25, -0.2) is 4.68 Å². The van der Waals surface area contributed by atoms with Crippen LogP contribution in [0.2, 0.25) is 0 Å². The normalized spacial score (nSPS) is 16.1. The average Bonchev–Trinajstić information content (AvgIpc) is 2.69. The molecule has 2 heterocycles. The number of nitrogen functional groups attached to an aromatic ring is 1. The predicted octanol–water partition coefficient (Wildman–Crippen LogP) is 0.764. The Bertz CT molecular complexity index is 385. The molecule has 1 saturated heterocycles. The van der Waals surface area contributed by atoms with E-state index in [1.165, 1.54) is 19.3 Å². The Kier molecular flexibility index (Phi) is 3.25. The molecule has 6 nitrogen and oxygen atoms in total. The molecular formula is C10H16N6. The standard InChI is InChI=1S/C10H16N6/c11-5-4-8-16-9(12)13-10(14-16)15-6-2-1-3-7-15/h1-4,6-8H2,(H2,12,13,14). The number of nitrogens with zero attached hydrogens (tertiary/aromatic N) is 5. The quantitative estimate of drug-likeness (QED) is 0.813. The van der Waals surface area contributed by atoms with Crippen molar-refractivity contribution >= 4 is 11.9 Å². The number of piperidine rings is 1. The highest BCUT2D eigenvalue weighted by molar-refractivity contribution is 5.35. The van der Waals surface area contributed by atoms with Crippen LogP contribution in [0.1, 0.15) is 25.7 Å². The molecule has 0 aromatic carbocycles. The number of hydrogen-bond acceptors (Lipinski definition) is 5. The van der Waals surface area contributed by atoms with E-state index in [9.17, 15) is 0 Å². The van der Waals surface area contributed by atoms with Crippen LogP contribution in [0.3, 0.4) is 0 Å². The van der Waals surface area contributed by atoms with Gasteiger partial charge in [0.1, 0.15) is 0 Å². The molecule has 16 heavy (non-hydrogen) atoms. The Morgan fingerprint density at radius 2 is 2.06 bits per heavy atom. The molecule has 0 unspecified atom stereocenters. The third-order valence-electron chi connectivity index (χ3n) is 2.76. The third kappa shape index (κ3) is 2.24. The molecule has 0 bridgehead atoms. The number of aryl methyl sites for hydroxylation is 1. The molecule has 0 amide bonds. The highest BCUT2D eigenvalue weighted by atomic mass is 15.4. The van der Waals surface area contributed by atoms with Crippen LogP contribution in [0.4, 0.5) is 11.9 Å². The minimum absolute atomic E-state index is 0.399. The first-order valence-electron chi connectivity index (χ1n) is 5.63. The molecule has 1 aliphatic heterocycles. The van der Waals surface area contributed by atoms with Gasteiger partial charge in [-0.05, 0) is 19.3 Å². The van der Waals surface area contributed by atoms with Crippen LogP contribution in [-0.4, -0.2) is 27.9 Å². The second kappa shape index (κ2) is 4.84. The lowest BCUT2D eigenvalue weighted by Crippen LogP contribution is -2.30. The topological polar surface area (TPSA) is 83.8 Å². The molecule has 0 aliphatic carbocycles. The van der Waals surface area contributed by atoms with Crippen molar-refractivity contribution in [1.82, 2.24) is 14.8 Å². The van der Waals surface area contributed by atoms with Crippen LogP contribution in [0.15, 0.2) is 0 Å². The summed E-state index contributed by atoms with van der Waals surface area (Å²) in [5, 5.41) is 12.8. The molecule has 0 spiro atoms. The Balaban J connectivity index is 2.07. The molecule has 1 aromatic heterocycles. The van der Waals surface area contributed by atoms with Crippen molar-refractivity contribution < 1.29 is 0 Å². The lowest BCUT2D eigenvalue weighted by Gasteiger charge is -2.24. The molecule has 0 atom stereocenters.